The topological polar surface area (TPSA) is 34.9 Å². The number of aromatic nitrogens is 2. The normalized spacial score (nSPS) is 10.2. The highest BCUT2D eigenvalue weighted by molar-refractivity contribution is 7.12. The fourth-order valence-electron chi connectivity index (χ4n) is 1.18. The van der Waals surface area contributed by atoms with Gasteiger partial charge in [-0.1, -0.05) is 0 Å². The Labute approximate surface area is 79.7 Å². The van der Waals surface area contributed by atoms with E-state index >= 15 is 0 Å². The first kappa shape index (κ1) is 8.19. The van der Waals surface area contributed by atoms with Crippen LogP contribution in [0.25, 0.3) is 5.69 Å². The summed E-state index contributed by atoms with van der Waals surface area (Å²) in [6.45, 7) is 1.93. The second-order valence-electron chi connectivity index (χ2n) is 2.67. The van der Waals surface area contributed by atoms with Crippen LogP contribution in [0.5, 0.6) is 0 Å². The van der Waals surface area contributed by atoms with Crippen LogP contribution in [0.3, 0.4) is 0 Å². The number of thiophene rings is 1. The average molecular weight is 192 g/mol. The Morgan fingerprint density at radius 3 is 3.00 bits per heavy atom. The van der Waals surface area contributed by atoms with E-state index in [0.717, 1.165) is 22.7 Å². The van der Waals surface area contributed by atoms with Gasteiger partial charge in [0.25, 0.3) is 0 Å². The summed E-state index contributed by atoms with van der Waals surface area (Å²) in [5.74, 6) is 0.926. The molecule has 0 aliphatic heterocycles. The molecule has 0 fully saturated rings. The van der Waals surface area contributed by atoms with Crippen LogP contribution in [0.2, 0.25) is 0 Å². The van der Waals surface area contributed by atoms with Gasteiger partial charge in [-0.2, -0.15) is 0 Å². The van der Waals surface area contributed by atoms with Gasteiger partial charge in [0.2, 0.25) is 0 Å². The summed E-state index contributed by atoms with van der Waals surface area (Å²) in [6, 6.07) is 1.85. The molecule has 0 radical (unpaired) electrons. The van der Waals surface area contributed by atoms with Crippen molar-refractivity contribution in [2.24, 2.45) is 0 Å². The summed E-state index contributed by atoms with van der Waals surface area (Å²) in [5, 5.41) is 1.94. The fourth-order valence-corrected chi connectivity index (χ4v) is 1.86. The number of rotatable bonds is 2. The van der Waals surface area contributed by atoms with Crippen molar-refractivity contribution < 1.29 is 4.79 Å². The molecular formula is C9H8N2OS. The number of aldehydes is 1. The number of carbonyl (C=O) groups is 1. The van der Waals surface area contributed by atoms with Crippen molar-refractivity contribution in [3.8, 4) is 5.69 Å². The predicted molar refractivity (Wildman–Crippen MR) is 51.6 cm³/mol. The number of imidazole rings is 1. The molecule has 0 saturated heterocycles. The van der Waals surface area contributed by atoms with Gasteiger partial charge in [0.05, 0.1) is 10.6 Å². The summed E-state index contributed by atoms with van der Waals surface area (Å²) >= 11 is 1.44. The number of hydrogen-bond acceptors (Lipinski definition) is 3. The van der Waals surface area contributed by atoms with Crippen molar-refractivity contribution in [1.29, 1.82) is 0 Å². The summed E-state index contributed by atoms with van der Waals surface area (Å²) in [7, 11) is 0. The van der Waals surface area contributed by atoms with Crippen LogP contribution in [0.15, 0.2) is 23.8 Å². The molecule has 66 valence electrons. The molecule has 0 saturated carbocycles. The van der Waals surface area contributed by atoms with Crippen molar-refractivity contribution >= 4 is 17.6 Å². The maximum absolute atomic E-state index is 10.5. The third-order valence-corrected chi connectivity index (χ3v) is 2.67. The Bertz CT molecular complexity index is 430. The Morgan fingerprint density at radius 2 is 2.46 bits per heavy atom. The number of nitrogens with zero attached hydrogens (tertiary/aromatic N) is 2. The maximum atomic E-state index is 10.5. The third-order valence-electron chi connectivity index (χ3n) is 1.83. The maximum Gasteiger partial charge on any atom is 0.160 e. The molecule has 0 aliphatic rings. The van der Waals surface area contributed by atoms with Gasteiger partial charge in [0.1, 0.15) is 5.82 Å². The zero-order chi connectivity index (χ0) is 9.26. The monoisotopic (exact) mass is 192 g/mol. The van der Waals surface area contributed by atoms with E-state index in [4.69, 9.17) is 0 Å². The first-order valence-electron chi connectivity index (χ1n) is 3.85. The van der Waals surface area contributed by atoms with Gasteiger partial charge < -0.3 is 4.57 Å². The lowest BCUT2D eigenvalue weighted by molar-refractivity contribution is 0.112. The highest BCUT2D eigenvalue weighted by atomic mass is 32.1. The Hall–Kier alpha value is -1.42. The Morgan fingerprint density at radius 1 is 1.62 bits per heavy atom. The largest absolute Gasteiger partial charge is 0.303 e. The van der Waals surface area contributed by atoms with E-state index in [1.165, 1.54) is 11.3 Å². The van der Waals surface area contributed by atoms with Crippen LogP contribution in [0.1, 0.15) is 15.5 Å². The lowest BCUT2D eigenvalue weighted by Gasteiger charge is -1.98. The second kappa shape index (κ2) is 3.14. The van der Waals surface area contributed by atoms with E-state index in [-0.39, 0.29) is 0 Å². The highest BCUT2D eigenvalue weighted by Gasteiger charge is 2.02. The summed E-state index contributed by atoms with van der Waals surface area (Å²) in [4.78, 5) is 15.3. The Balaban J connectivity index is 2.46. The number of hydrogen-bond donors (Lipinski definition) is 0. The van der Waals surface area contributed by atoms with Crippen LogP contribution in [0, 0.1) is 6.92 Å². The summed E-state index contributed by atoms with van der Waals surface area (Å²) in [6.07, 6.45) is 4.49. The molecule has 0 aromatic carbocycles. The molecule has 0 amide bonds. The molecule has 0 spiro atoms. The molecule has 0 bridgehead atoms. The lowest BCUT2D eigenvalue weighted by atomic mass is 10.4. The smallest absolute Gasteiger partial charge is 0.160 e. The predicted octanol–water partition coefficient (Wildman–Crippen LogP) is 2.05. The molecule has 2 aromatic heterocycles. The number of carbonyl (C=O) groups excluding carboxylic acids is 1. The fraction of sp³-hybridized carbons (Fsp3) is 0.111. The third kappa shape index (κ3) is 1.40. The van der Waals surface area contributed by atoms with Gasteiger partial charge in [-0.15, -0.1) is 11.3 Å². The summed E-state index contributed by atoms with van der Waals surface area (Å²) in [5.41, 5.74) is 1.00. The molecule has 0 atom stereocenters. The molecule has 0 unspecified atom stereocenters. The molecule has 4 heteroatoms. The standard InChI is InChI=1S/C9H8N2OS/c1-7-10-2-3-11(7)8-4-9(5-12)13-6-8/h2-6H,1H3. The average Bonchev–Trinajstić information content (AvgIpc) is 2.71. The van der Waals surface area contributed by atoms with Gasteiger partial charge in [-0.05, 0) is 13.0 Å². The van der Waals surface area contributed by atoms with Crippen LogP contribution in [-0.2, 0) is 0 Å². The molecule has 13 heavy (non-hydrogen) atoms. The molecule has 0 aliphatic carbocycles. The summed E-state index contributed by atoms with van der Waals surface area (Å²) < 4.78 is 1.95. The minimum atomic E-state index is 0.739. The van der Waals surface area contributed by atoms with E-state index in [0.29, 0.717) is 0 Å². The quantitative estimate of drug-likeness (QED) is 0.682. The van der Waals surface area contributed by atoms with Crippen molar-refractivity contribution in [2.75, 3.05) is 0 Å². The zero-order valence-electron chi connectivity index (χ0n) is 7.10. The molecule has 0 N–H and O–H groups in total. The van der Waals surface area contributed by atoms with E-state index in [1.54, 1.807) is 6.20 Å². The van der Waals surface area contributed by atoms with Crippen LogP contribution >= 0.6 is 11.3 Å². The minimum absolute atomic E-state index is 0.739. The molecular weight excluding hydrogens is 184 g/mol. The lowest BCUT2D eigenvalue weighted by Crippen LogP contribution is -1.92. The first-order valence-corrected chi connectivity index (χ1v) is 4.73. The molecule has 2 rings (SSSR count). The van der Waals surface area contributed by atoms with Gasteiger partial charge in [-0.25, -0.2) is 4.98 Å². The van der Waals surface area contributed by atoms with Crippen LogP contribution in [0.4, 0.5) is 0 Å². The van der Waals surface area contributed by atoms with Crippen LogP contribution in [-0.4, -0.2) is 15.8 Å². The van der Waals surface area contributed by atoms with Crippen molar-refractivity contribution in [2.45, 2.75) is 6.92 Å². The van der Waals surface area contributed by atoms with E-state index in [9.17, 15) is 4.79 Å². The first-order chi connectivity index (χ1) is 6.31. The van der Waals surface area contributed by atoms with Gasteiger partial charge in [0, 0.05) is 17.8 Å². The second-order valence-corrected chi connectivity index (χ2v) is 3.61. The van der Waals surface area contributed by atoms with E-state index in [2.05, 4.69) is 4.98 Å². The SMILES string of the molecule is Cc1nccn1-c1csc(C=O)c1. The van der Waals surface area contributed by atoms with E-state index in [1.807, 2.05) is 29.1 Å². The van der Waals surface area contributed by atoms with E-state index < -0.39 is 0 Å². The highest BCUT2D eigenvalue weighted by Crippen LogP contribution is 2.17. The van der Waals surface area contributed by atoms with Crippen molar-refractivity contribution in [3.63, 3.8) is 0 Å². The minimum Gasteiger partial charge on any atom is -0.303 e. The van der Waals surface area contributed by atoms with Crippen LogP contribution < -0.4 is 0 Å². The zero-order valence-corrected chi connectivity index (χ0v) is 7.91. The molecule has 2 heterocycles. The van der Waals surface area contributed by atoms with Gasteiger partial charge in [0.15, 0.2) is 6.29 Å². The Kier molecular flexibility index (Phi) is 1.98. The van der Waals surface area contributed by atoms with Gasteiger partial charge in [-0.3, -0.25) is 4.79 Å². The molecule has 3 nitrogen and oxygen atoms in total. The number of aryl methyl sites for hydroxylation is 1. The van der Waals surface area contributed by atoms with Crippen molar-refractivity contribution in [3.05, 3.63) is 34.5 Å². The van der Waals surface area contributed by atoms with Gasteiger partial charge >= 0.3 is 0 Å². The molecule has 2 aromatic rings. The van der Waals surface area contributed by atoms with Crippen molar-refractivity contribution in [1.82, 2.24) is 9.55 Å².